The minimum Gasteiger partial charge on any atom is -0.354 e. The Hall–Kier alpha value is -2.01. The molecular weight excluding hydrogens is 442 g/mol. The van der Waals surface area contributed by atoms with Gasteiger partial charge in [0.1, 0.15) is 6.04 Å². The molecule has 1 aromatic rings. The third kappa shape index (κ3) is 5.74. The number of piperazine rings is 1. The summed E-state index contributed by atoms with van der Waals surface area (Å²) in [6, 6.07) is 4.12. The Kier molecular flexibility index (Phi) is 8.49. The number of nitrogens with one attached hydrogen (secondary N) is 1. The molecule has 0 saturated carbocycles. The first-order valence-electron chi connectivity index (χ1n) is 11.8. The van der Waals surface area contributed by atoms with Crippen molar-refractivity contribution in [1.82, 2.24) is 19.4 Å². The zero-order valence-electron chi connectivity index (χ0n) is 20.2. The van der Waals surface area contributed by atoms with Crippen LogP contribution in [0.25, 0.3) is 0 Å². The van der Waals surface area contributed by atoms with E-state index in [4.69, 9.17) is 0 Å². The van der Waals surface area contributed by atoms with Crippen molar-refractivity contribution < 1.29 is 18.0 Å². The van der Waals surface area contributed by atoms with E-state index < -0.39 is 16.1 Å². The first kappa shape index (κ1) is 25.6. The Bertz CT molecular complexity index is 956. The van der Waals surface area contributed by atoms with E-state index in [2.05, 4.69) is 22.2 Å². The molecule has 0 radical (unpaired) electrons. The highest BCUT2D eigenvalue weighted by Gasteiger charge is 2.37. The quantitative estimate of drug-likeness (QED) is 0.526. The lowest BCUT2D eigenvalue weighted by Gasteiger charge is -2.32. The second-order valence-corrected chi connectivity index (χ2v) is 10.7. The van der Waals surface area contributed by atoms with Gasteiger partial charge >= 0.3 is 0 Å². The van der Waals surface area contributed by atoms with Crippen LogP contribution in [0.1, 0.15) is 32.8 Å². The highest BCUT2D eigenvalue weighted by molar-refractivity contribution is 7.89. The molecule has 0 bridgehead atoms. The topological polar surface area (TPSA) is 93.3 Å². The van der Waals surface area contributed by atoms with E-state index in [9.17, 15) is 18.0 Å². The standard InChI is InChI=1S/C23H37N5O4S/c1-5-27(6-2)33(31,32)20-8-9-21-19(16-20)17-22(28(21)18(3)29)23(30)24-10-7-11-26-14-12-25(4)13-15-26/h8-9,16,22H,5-7,10-15,17H2,1-4H3,(H,24,30)/t22-/m1/s1. The van der Waals surface area contributed by atoms with Crippen molar-refractivity contribution in [2.24, 2.45) is 0 Å². The normalized spacial score (nSPS) is 19.7. The molecule has 2 aliphatic rings. The van der Waals surface area contributed by atoms with Crippen molar-refractivity contribution in [2.75, 3.05) is 64.3 Å². The molecule has 2 aliphatic heterocycles. The monoisotopic (exact) mass is 479 g/mol. The van der Waals surface area contributed by atoms with Crippen LogP contribution in [0, 0.1) is 0 Å². The van der Waals surface area contributed by atoms with Crippen LogP contribution < -0.4 is 10.2 Å². The number of benzene rings is 1. The fourth-order valence-corrected chi connectivity index (χ4v) is 6.11. The number of sulfonamides is 1. The molecule has 33 heavy (non-hydrogen) atoms. The summed E-state index contributed by atoms with van der Waals surface area (Å²) in [6.07, 6.45) is 1.16. The lowest BCUT2D eigenvalue weighted by molar-refractivity contribution is -0.125. The second-order valence-electron chi connectivity index (χ2n) is 8.78. The number of fused-ring (bicyclic) bond motifs is 1. The Morgan fingerprint density at radius 2 is 1.79 bits per heavy atom. The van der Waals surface area contributed by atoms with Crippen LogP contribution in [-0.4, -0.2) is 99.8 Å². The molecule has 1 N–H and O–H groups in total. The predicted octanol–water partition coefficient (Wildman–Crippen LogP) is 0.748. The van der Waals surface area contributed by atoms with Crippen molar-refractivity contribution in [1.29, 1.82) is 0 Å². The zero-order chi connectivity index (χ0) is 24.2. The van der Waals surface area contributed by atoms with Crippen molar-refractivity contribution >= 4 is 27.5 Å². The average Bonchev–Trinajstić information content (AvgIpc) is 3.17. The van der Waals surface area contributed by atoms with Crippen molar-refractivity contribution in [3.63, 3.8) is 0 Å². The Morgan fingerprint density at radius 3 is 2.39 bits per heavy atom. The molecule has 1 aromatic carbocycles. The summed E-state index contributed by atoms with van der Waals surface area (Å²) in [5, 5.41) is 2.98. The number of amides is 2. The van der Waals surface area contributed by atoms with Crippen LogP contribution in [0.4, 0.5) is 5.69 Å². The number of hydrogen-bond acceptors (Lipinski definition) is 6. The van der Waals surface area contributed by atoms with Crippen LogP contribution >= 0.6 is 0 Å². The van der Waals surface area contributed by atoms with E-state index >= 15 is 0 Å². The molecule has 0 unspecified atom stereocenters. The smallest absolute Gasteiger partial charge is 0.243 e. The van der Waals surface area contributed by atoms with Gasteiger partial charge in [-0.1, -0.05) is 13.8 Å². The minimum absolute atomic E-state index is 0.196. The molecule has 1 atom stereocenters. The Morgan fingerprint density at radius 1 is 1.12 bits per heavy atom. The summed E-state index contributed by atoms with van der Waals surface area (Å²) in [4.78, 5) is 31.7. The molecular formula is C23H37N5O4S. The maximum atomic E-state index is 13.0. The van der Waals surface area contributed by atoms with Crippen molar-refractivity contribution in [3.8, 4) is 0 Å². The molecule has 0 spiro atoms. The van der Waals surface area contributed by atoms with Gasteiger partial charge in [0.2, 0.25) is 21.8 Å². The predicted molar refractivity (Wildman–Crippen MR) is 129 cm³/mol. The first-order valence-corrected chi connectivity index (χ1v) is 13.2. The van der Waals surface area contributed by atoms with Crippen LogP contribution in [-0.2, 0) is 26.0 Å². The van der Waals surface area contributed by atoms with Crippen LogP contribution in [0.5, 0.6) is 0 Å². The maximum absolute atomic E-state index is 13.0. The minimum atomic E-state index is -3.61. The third-order valence-electron chi connectivity index (χ3n) is 6.57. The number of nitrogens with zero attached hydrogens (tertiary/aromatic N) is 4. The van der Waals surface area contributed by atoms with Gasteiger partial charge in [-0.05, 0) is 43.8 Å². The number of rotatable bonds is 9. The summed E-state index contributed by atoms with van der Waals surface area (Å²) in [5.74, 6) is -0.432. The number of hydrogen-bond donors (Lipinski definition) is 1. The molecule has 2 heterocycles. The van der Waals surface area contributed by atoms with E-state index in [-0.39, 0.29) is 16.7 Å². The zero-order valence-corrected chi connectivity index (χ0v) is 21.0. The summed E-state index contributed by atoms with van der Waals surface area (Å²) < 4.78 is 27.2. The largest absolute Gasteiger partial charge is 0.354 e. The van der Waals surface area contributed by atoms with Crippen LogP contribution in [0.15, 0.2) is 23.1 Å². The first-order chi connectivity index (χ1) is 15.7. The molecule has 1 fully saturated rings. The second kappa shape index (κ2) is 10.9. The summed E-state index contributed by atoms with van der Waals surface area (Å²) >= 11 is 0. The maximum Gasteiger partial charge on any atom is 0.243 e. The average molecular weight is 480 g/mol. The summed E-state index contributed by atoms with van der Waals surface area (Å²) in [7, 11) is -1.48. The molecule has 0 aliphatic carbocycles. The van der Waals surface area contributed by atoms with Gasteiger partial charge in [-0.15, -0.1) is 0 Å². The summed E-state index contributed by atoms with van der Waals surface area (Å²) in [6.45, 7) is 11.5. The number of carbonyl (C=O) groups excluding carboxylic acids is 2. The SMILES string of the molecule is CCN(CC)S(=O)(=O)c1ccc2c(c1)C[C@H](C(=O)NCCCN1CCN(C)CC1)N2C(C)=O. The number of carbonyl (C=O) groups is 2. The molecule has 10 heteroatoms. The van der Waals surface area contributed by atoms with Gasteiger partial charge in [-0.25, -0.2) is 8.42 Å². The Labute approximate surface area is 197 Å². The fourth-order valence-electron chi connectivity index (χ4n) is 4.60. The lowest BCUT2D eigenvalue weighted by Crippen LogP contribution is -2.48. The lowest BCUT2D eigenvalue weighted by atomic mass is 10.1. The van der Waals surface area contributed by atoms with Gasteiger partial charge in [0.25, 0.3) is 0 Å². The van der Waals surface area contributed by atoms with Gasteiger partial charge in [0.05, 0.1) is 4.90 Å². The third-order valence-corrected chi connectivity index (χ3v) is 8.61. The highest BCUT2D eigenvalue weighted by atomic mass is 32.2. The summed E-state index contributed by atoms with van der Waals surface area (Å²) in [5.41, 5.74) is 1.31. The molecule has 2 amide bonds. The number of likely N-dealkylation sites (N-methyl/N-ethyl adjacent to an activating group) is 1. The molecule has 0 aromatic heterocycles. The van der Waals surface area contributed by atoms with Gasteiger partial charge in [-0.2, -0.15) is 4.31 Å². The molecule has 1 saturated heterocycles. The fraction of sp³-hybridized carbons (Fsp3) is 0.652. The Balaban J connectivity index is 1.65. The van der Waals surface area contributed by atoms with E-state index in [1.807, 2.05) is 0 Å². The van der Waals surface area contributed by atoms with Crippen molar-refractivity contribution in [2.45, 2.75) is 44.6 Å². The molecule has 3 rings (SSSR count). The van der Waals surface area contributed by atoms with Crippen molar-refractivity contribution in [3.05, 3.63) is 23.8 Å². The van der Waals surface area contributed by atoms with Crippen LogP contribution in [0.2, 0.25) is 0 Å². The van der Waals surface area contributed by atoms with Crippen LogP contribution in [0.3, 0.4) is 0 Å². The molecule has 184 valence electrons. The molecule has 9 nitrogen and oxygen atoms in total. The van der Waals surface area contributed by atoms with Gasteiger partial charge < -0.3 is 15.1 Å². The number of anilines is 1. The highest BCUT2D eigenvalue weighted by Crippen LogP contribution is 2.34. The van der Waals surface area contributed by atoms with Gasteiger partial charge in [0.15, 0.2) is 0 Å². The van der Waals surface area contributed by atoms with Gasteiger partial charge in [-0.3, -0.25) is 14.5 Å². The van der Waals surface area contributed by atoms with E-state index in [1.54, 1.807) is 26.0 Å². The van der Waals surface area contributed by atoms with E-state index in [0.29, 0.717) is 37.3 Å². The van der Waals surface area contributed by atoms with E-state index in [1.165, 1.54) is 22.2 Å². The van der Waals surface area contributed by atoms with Gasteiger partial charge in [0, 0.05) is 64.8 Å². The van der Waals surface area contributed by atoms with E-state index in [0.717, 1.165) is 39.1 Å².